The molecule has 0 spiro atoms. The Hall–Kier alpha value is -2.24. The Bertz CT molecular complexity index is 458. The molecule has 0 aliphatic heterocycles. The molecule has 0 unspecified atom stereocenters. The molecule has 0 bridgehead atoms. The molecule has 0 atom stereocenters. The monoisotopic (exact) mass is 249 g/mol. The number of hydrogen-bond acceptors (Lipinski definition) is 4. The van der Waals surface area contributed by atoms with Crippen molar-refractivity contribution in [3.05, 3.63) is 39.9 Å². The number of nitro groups is 1. The maximum absolute atomic E-state index is 11.3. The Kier molecular flexibility index (Phi) is 5.50. The van der Waals surface area contributed by atoms with Gasteiger partial charge in [0, 0.05) is 12.5 Å². The number of nitrogens with one attached hydrogen (secondary N) is 1. The Labute approximate surface area is 105 Å². The van der Waals surface area contributed by atoms with Gasteiger partial charge in [0.25, 0.3) is 5.69 Å². The van der Waals surface area contributed by atoms with Gasteiger partial charge in [-0.1, -0.05) is 25.5 Å². The van der Waals surface area contributed by atoms with Crippen molar-refractivity contribution in [3.63, 3.8) is 0 Å². The molecule has 0 fully saturated rings. The van der Waals surface area contributed by atoms with E-state index in [1.54, 1.807) is 18.2 Å². The molecule has 0 saturated heterocycles. The van der Waals surface area contributed by atoms with Crippen molar-refractivity contribution < 1.29 is 9.72 Å². The Morgan fingerprint density at radius 3 is 2.89 bits per heavy atom. The third kappa shape index (κ3) is 4.32. The third-order valence-electron chi connectivity index (χ3n) is 2.28. The number of hydrazone groups is 1. The van der Waals surface area contributed by atoms with Crippen molar-refractivity contribution in [2.45, 2.75) is 26.2 Å². The first-order valence-corrected chi connectivity index (χ1v) is 5.70. The van der Waals surface area contributed by atoms with Crippen molar-refractivity contribution >= 4 is 17.8 Å². The normalized spacial score (nSPS) is 10.5. The molecule has 0 aliphatic rings. The van der Waals surface area contributed by atoms with Gasteiger partial charge in [0.15, 0.2) is 0 Å². The standard InChI is InChI=1S/C12H15N3O3/c1-2-3-8-12(16)14-13-9-10-6-4-5-7-11(10)15(17)18/h4-7,9H,2-3,8H2,1H3,(H,14,16). The Balaban J connectivity index is 2.62. The van der Waals surface area contributed by atoms with Gasteiger partial charge in [0.05, 0.1) is 16.7 Å². The molecule has 1 amide bonds. The highest BCUT2D eigenvalue weighted by molar-refractivity contribution is 5.86. The fourth-order valence-electron chi connectivity index (χ4n) is 1.33. The second-order valence-corrected chi connectivity index (χ2v) is 3.71. The number of amides is 1. The molecule has 0 heterocycles. The molecule has 0 aromatic heterocycles. The summed E-state index contributed by atoms with van der Waals surface area (Å²) >= 11 is 0. The number of carbonyl (C=O) groups excluding carboxylic acids is 1. The zero-order valence-electron chi connectivity index (χ0n) is 10.1. The van der Waals surface area contributed by atoms with Crippen LogP contribution in [-0.4, -0.2) is 17.0 Å². The minimum atomic E-state index is -0.486. The first-order valence-electron chi connectivity index (χ1n) is 5.70. The van der Waals surface area contributed by atoms with E-state index in [4.69, 9.17) is 0 Å². The lowest BCUT2D eigenvalue weighted by atomic mass is 10.2. The van der Waals surface area contributed by atoms with E-state index in [1.807, 2.05) is 6.92 Å². The van der Waals surface area contributed by atoms with Crippen molar-refractivity contribution in [1.82, 2.24) is 5.43 Å². The summed E-state index contributed by atoms with van der Waals surface area (Å²) in [6.07, 6.45) is 3.42. The van der Waals surface area contributed by atoms with Crippen molar-refractivity contribution in [2.75, 3.05) is 0 Å². The van der Waals surface area contributed by atoms with Crippen LogP contribution >= 0.6 is 0 Å². The second-order valence-electron chi connectivity index (χ2n) is 3.71. The second kappa shape index (κ2) is 7.16. The number of carbonyl (C=O) groups is 1. The minimum Gasteiger partial charge on any atom is -0.273 e. The van der Waals surface area contributed by atoms with Crippen LogP contribution in [0.25, 0.3) is 0 Å². The number of para-hydroxylation sites is 1. The van der Waals surface area contributed by atoms with Gasteiger partial charge < -0.3 is 0 Å². The average Bonchev–Trinajstić information content (AvgIpc) is 2.36. The van der Waals surface area contributed by atoms with E-state index in [0.717, 1.165) is 12.8 Å². The topological polar surface area (TPSA) is 84.6 Å². The van der Waals surface area contributed by atoms with Gasteiger partial charge in [-0.2, -0.15) is 5.10 Å². The number of rotatable bonds is 6. The molecule has 0 radical (unpaired) electrons. The molecule has 1 aromatic carbocycles. The SMILES string of the molecule is CCCCC(=O)NN=Cc1ccccc1[N+](=O)[O-]. The fourth-order valence-corrected chi connectivity index (χ4v) is 1.33. The van der Waals surface area contributed by atoms with Crippen molar-refractivity contribution in [1.29, 1.82) is 0 Å². The molecule has 1 aromatic rings. The average molecular weight is 249 g/mol. The zero-order valence-corrected chi connectivity index (χ0v) is 10.1. The lowest BCUT2D eigenvalue weighted by Crippen LogP contribution is -2.16. The molecule has 96 valence electrons. The first-order chi connectivity index (χ1) is 8.65. The quantitative estimate of drug-likeness (QED) is 0.476. The zero-order chi connectivity index (χ0) is 13.4. The van der Waals surface area contributed by atoms with Crippen molar-refractivity contribution in [2.24, 2.45) is 5.10 Å². The Morgan fingerprint density at radius 2 is 2.22 bits per heavy atom. The van der Waals surface area contributed by atoms with Gasteiger partial charge in [0.2, 0.25) is 5.91 Å². The van der Waals surface area contributed by atoms with Crippen LogP contribution in [0.1, 0.15) is 31.7 Å². The molecule has 0 aliphatic carbocycles. The van der Waals surface area contributed by atoms with E-state index in [9.17, 15) is 14.9 Å². The summed E-state index contributed by atoms with van der Waals surface area (Å²) in [6.45, 7) is 1.99. The number of benzene rings is 1. The molecular weight excluding hydrogens is 234 g/mol. The molecule has 6 heteroatoms. The molecular formula is C12H15N3O3. The van der Waals surface area contributed by atoms with Gasteiger partial charge in [-0.15, -0.1) is 0 Å². The summed E-state index contributed by atoms with van der Waals surface area (Å²) in [5.41, 5.74) is 2.66. The van der Waals surface area contributed by atoms with Crippen LogP contribution in [0.3, 0.4) is 0 Å². The molecule has 0 saturated carbocycles. The van der Waals surface area contributed by atoms with Gasteiger partial charge in [-0.05, 0) is 12.5 Å². The predicted molar refractivity (Wildman–Crippen MR) is 68.4 cm³/mol. The largest absolute Gasteiger partial charge is 0.278 e. The smallest absolute Gasteiger partial charge is 0.273 e. The van der Waals surface area contributed by atoms with Crippen LogP contribution in [0, 0.1) is 10.1 Å². The van der Waals surface area contributed by atoms with E-state index in [1.165, 1.54) is 12.3 Å². The van der Waals surface area contributed by atoms with E-state index < -0.39 is 4.92 Å². The highest BCUT2D eigenvalue weighted by atomic mass is 16.6. The van der Waals surface area contributed by atoms with Crippen molar-refractivity contribution in [3.8, 4) is 0 Å². The summed E-state index contributed by atoms with van der Waals surface area (Å²) in [7, 11) is 0. The van der Waals surface area contributed by atoms with Crippen LogP contribution in [0.15, 0.2) is 29.4 Å². The number of nitrogens with zero attached hydrogens (tertiary/aromatic N) is 2. The maximum Gasteiger partial charge on any atom is 0.278 e. The van der Waals surface area contributed by atoms with Crippen LogP contribution in [-0.2, 0) is 4.79 Å². The summed E-state index contributed by atoms with van der Waals surface area (Å²) in [6, 6.07) is 6.21. The highest BCUT2D eigenvalue weighted by Crippen LogP contribution is 2.14. The number of hydrogen-bond donors (Lipinski definition) is 1. The van der Waals surface area contributed by atoms with Crippen LogP contribution in [0.5, 0.6) is 0 Å². The minimum absolute atomic E-state index is 0.0379. The van der Waals surface area contributed by atoms with Gasteiger partial charge >= 0.3 is 0 Å². The van der Waals surface area contributed by atoms with Gasteiger partial charge in [-0.3, -0.25) is 14.9 Å². The van der Waals surface area contributed by atoms with Crippen LogP contribution in [0.2, 0.25) is 0 Å². The maximum atomic E-state index is 11.3. The van der Waals surface area contributed by atoms with Gasteiger partial charge in [-0.25, -0.2) is 5.43 Å². The predicted octanol–water partition coefficient (Wildman–Crippen LogP) is 2.24. The van der Waals surface area contributed by atoms with Crippen LogP contribution < -0.4 is 5.43 Å². The lowest BCUT2D eigenvalue weighted by Gasteiger charge is -1.98. The van der Waals surface area contributed by atoms with E-state index in [2.05, 4.69) is 10.5 Å². The molecule has 6 nitrogen and oxygen atoms in total. The van der Waals surface area contributed by atoms with E-state index >= 15 is 0 Å². The van der Waals surface area contributed by atoms with E-state index in [0.29, 0.717) is 12.0 Å². The molecule has 1 rings (SSSR count). The lowest BCUT2D eigenvalue weighted by molar-refractivity contribution is -0.385. The summed E-state index contributed by atoms with van der Waals surface area (Å²) in [5, 5.41) is 14.4. The Morgan fingerprint density at radius 1 is 1.50 bits per heavy atom. The van der Waals surface area contributed by atoms with Gasteiger partial charge in [0.1, 0.15) is 0 Å². The third-order valence-corrected chi connectivity index (χ3v) is 2.28. The van der Waals surface area contributed by atoms with E-state index in [-0.39, 0.29) is 11.6 Å². The van der Waals surface area contributed by atoms with Crippen LogP contribution in [0.4, 0.5) is 5.69 Å². The molecule has 18 heavy (non-hydrogen) atoms. The highest BCUT2D eigenvalue weighted by Gasteiger charge is 2.09. The summed E-state index contributed by atoms with van der Waals surface area (Å²) in [5.74, 6) is -0.188. The molecule has 1 N–H and O–H groups in total. The summed E-state index contributed by atoms with van der Waals surface area (Å²) < 4.78 is 0. The first kappa shape index (κ1) is 13.8. The summed E-state index contributed by atoms with van der Waals surface area (Å²) in [4.78, 5) is 21.5. The number of nitro benzene ring substituents is 1. The fraction of sp³-hybridized carbons (Fsp3) is 0.333. The number of unbranched alkanes of at least 4 members (excludes halogenated alkanes) is 1.